The van der Waals surface area contributed by atoms with Crippen molar-refractivity contribution in [3.63, 3.8) is 0 Å². The summed E-state index contributed by atoms with van der Waals surface area (Å²) >= 11 is 0. The summed E-state index contributed by atoms with van der Waals surface area (Å²) in [4.78, 5) is 22.6. The molecule has 0 atom stereocenters. The van der Waals surface area contributed by atoms with Crippen LogP contribution in [0.25, 0.3) is 11.1 Å². The second kappa shape index (κ2) is 10.1. The lowest BCUT2D eigenvalue weighted by Crippen LogP contribution is -2.14. The van der Waals surface area contributed by atoms with Gasteiger partial charge in [-0.15, -0.1) is 0 Å². The number of carbonyl (C=O) groups excluding carboxylic acids is 2. The zero-order valence-corrected chi connectivity index (χ0v) is 14.9. The summed E-state index contributed by atoms with van der Waals surface area (Å²) in [5.74, 6) is 0.400. The third kappa shape index (κ3) is 6.12. The van der Waals surface area contributed by atoms with Gasteiger partial charge >= 0.3 is 11.9 Å². The SMILES string of the molecule is CCOC(=O)COc1ccc(-c2ccc(OCC(=O)OCC)cc2)cc1. The molecule has 0 unspecified atom stereocenters. The molecule has 0 saturated heterocycles. The lowest BCUT2D eigenvalue weighted by atomic mass is 10.1. The molecule has 138 valence electrons. The number of benzene rings is 2. The van der Waals surface area contributed by atoms with E-state index in [4.69, 9.17) is 18.9 Å². The van der Waals surface area contributed by atoms with Crippen molar-refractivity contribution in [1.29, 1.82) is 0 Å². The smallest absolute Gasteiger partial charge is 0.344 e. The van der Waals surface area contributed by atoms with Crippen LogP contribution in [0.5, 0.6) is 11.5 Å². The minimum atomic E-state index is -0.394. The Bertz CT molecular complexity index is 643. The van der Waals surface area contributed by atoms with E-state index in [0.29, 0.717) is 24.7 Å². The van der Waals surface area contributed by atoms with Crippen molar-refractivity contribution in [3.05, 3.63) is 48.5 Å². The van der Waals surface area contributed by atoms with Gasteiger partial charge in [-0.05, 0) is 49.2 Å². The van der Waals surface area contributed by atoms with E-state index in [1.54, 1.807) is 38.1 Å². The van der Waals surface area contributed by atoms with Gasteiger partial charge in [-0.3, -0.25) is 0 Å². The summed E-state index contributed by atoms with van der Waals surface area (Å²) in [6, 6.07) is 14.8. The zero-order valence-electron chi connectivity index (χ0n) is 14.9. The van der Waals surface area contributed by atoms with E-state index in [0.717, 1.165) is 11.1 Å². The molecule has 0 aliphatic rings. The molecule has 6 nitrogen and oxygen atoms in total. The lowest BCUT2D eigenvalue weighted by molar-refractivity contribution is -0.146. The van der Waals surface area contributed by atoms with Crippen molar-refractivity contribution in [2.75, 3.05) is 26.4 Å². The molecule has 0 radical (unpaired) electrons. The van der Waals surface area contributed by atoms with E-state index in [1.807, 2.05) is 24.3 Å². The Labute approximate surface area is 152 Å². The van der Waals surface area contributed by atoms with Gasteiger partial charge in [0.2, 0.25) is 0 Å². The van der Waals surface area contributed by atoms with Crippen molar-refractivity contribution >= 4 is 11.9 Å². The molecule has 0 aromatic heterocycles. The molecule has 0 aliphatic heterocycles. The van der Waals surface area contributed by atoms with Gasteiger partial charge in [0.25, 0.3) is 0 Å². The number of hydrogen-bond donors (Lipinski definition) is 0. The summed E-state index contributed by atoms with van der Waals surface area (Å²) in [7, 11) is 0. The van der Waals surface area contributed by atoms with Crippen LogP contribution in [0.4, 0.5) is 0 Å². The molecule has 0 bridgehead atoms. The van der Waals surface area contributed by atoms with Crippen LogP contribution in [0, 0.1) is 0 Å². The molecule has 0 N–H and O–H groups in total. The number of hydrogen-bond acceptors (Lipinski definition) is 6. The highest BCUT2D eigenvalue weighted by Gasteiger charge is 2.05. The quantitative estimate of drug-likeness (QED) is 0.641. The molecule has 0 amide bonds. The highest BCUT2D eigenvalue weighted by Crippen LogP contribution is 2.24. The first kappa shape index (κ1) is 19.3. The highest BCUT2D eigenvalue weighted by atomic mass is 16.6. The van der Waals surface area contributed by atoms with Gasteiger partial charge in [-0.2, -0.15) is 0 Å². The van der Waals surface area contributed by atoms with Crippen molar-refractivity contribution in [2.24, 2.45) is 0 Å². The van der Waals surface area contributed by atoms with Gasteiger partial charge < -0.3 is 18.9 Å². The summed E-state index contributed by atoms with van der Waals surface area (Å²) in [6.07, 6.45) is 0. The van der Waals surface area contributed by atoms with Crippen LogP contribution in [-0.2, 0) is 19.1 Å². The van der Waals surface area contributed by atoms with Crippen molar-refractivity contribution in [1.82, 2.24) is 0 Å². The van der Waals surface area contributed by atoms with Crippen LogP contribution in [-0.4, -0.2) is 38.4 Å². The topological polar surface area (TPSA) is 71.1 Å². The van der Waals surface area contributed by atoms with Gasteiger partial charge in [-0.25, -0.2) is 9.59 Å². The Kier molecular flexibility index (Phi) is 7.49. The first-order chi connectivity index (χ1) is 12.6. The predicted octanol–water partition coefficient (Wildman–Crippen LogP) is 3.24. The van der Waals surface area contributed by atoms with Crippen LogP contribution >= 0.6 is 0 Å². The normalized spacial score (nSPS) is 10.1. The molecule has 0 fully saturated rings. The standard InChI is InChI=1S/C20H22O6/c1-3-23-19(21)13-25-17-9-5-15(6-10-17)16-7-11-18(12-8-16)26-14-20(22)24-4-2/h5-12H,3-4,13-14H2,1-2H3. The number of rotatable bonds is 9. The van der Waals surface area contributed by atoms with Crippen LogP contribution in [0.2, 0.25) is 0 Å². The van der Waals surface area contributed by atoms with Crippen LogP contribution < -0.4 is 9.47 Å². The van der Waals surface area contributed by atoms with E-state index >= 15 is 0 Å². The summed E-state index contributed by atoms with van der Waals surface area (Å²) in [5.41, 5.74) is 1.98. The molecule has 26 heavy (non-hydrogen) atoms. The Hall–Kier alpha value is -3.02. The molecule has 2 aromatic carbocycles. The van der Waals surface area contributed by atoms with Gasteiger partial charge in [0.05, 0.1) is 13.2 Å². The van der Waals surface area contributed by atoms with Gasteiger partial charge in [0, 0.05) is 0 Å². The van der Waals surface area contributed by atoms with Crippen molar-refractivity contribution in [2.45, 2.75) is 13.8 Å². The fourth-order valence-corrected chi connectivity index (χ4v) is 2.18. The zero-order chi connectivity index (χ0) is 18.8. The summed E-state index contributed by atoms with van der Waals surface area (Å²) < 4.78 is 20.4. The minimum Gasteiger partial charge on any atom is -0.482 e. The third-order valence-electron chi connectivity index (χ3n) is 3.37. The molecule has 0 aliphatic carbocycles. The Morgan fingerprint density at radius 2 is 1.00 bits per heavy atom. The van der Waals surface area contributed by atoms with Crippen molar-refractivity contribution in [3.8, 4) is 22.6 Å². The largest absolute Gasteiger partial charge is 0.482 e. The second-order valence-corrected chi connectivity index (χ2v) is 5.24. The van der Waals surface area contributed by atoms with Gasteiger partial charge in [0.15, 0.2) is 13.2 Å². The number of esters is 2. The fourth-order valence-electron chi connectivity index (χ4n) is 2.18. The minimum absolute atomic E-state index is 0.111. The maximum atomic E-state index is 11.3. The first-order valence-electron chi connectivity index (χ1n) is 8.39. The third-order valence-corrected chi connectivity index (χ3v) is 3.37. The molecule has 0 spiro atoms. The highest BCUT2D eigenvalue weighted by molar-refractivity contribution is 5.71. The fraction of sp³-hybridized carbons (Fsp3) is 0.300. The van der Waals surface area contributed by atoms with Crippen LogP contribution in [0.15, 0.2) is 48.5 Å². The molecular formula is C20H22O6. The average molecular weight is 358 g/mol. The van der Waals surface area contributed by atoms with Crippen LogP contribution in [0.1, 0.15) is 13.8 Å². The van der Waals surface area contributed by atoms with E-state index < -0.39 is 11.9 Å². The molecule has 2 rings (SSSR count). The van der Waals surface area contributed by atoms with Crippen molar-refractivity contribution < 1.29 is 28.5 Å². The molecule has 0 heterocycles. The maximum Gasteiger partial charge on any atom is 0.344 e. The van der Waals surface area contributed by atoms with E-state index in [9.17, 15) is 9.59 Å². The summed E-state index contributed by atoms with van der Waals surface area (Å²) in [5, 5.41) is 0. The predicted molar refractivity (Wildman–Crippen MR) is 96.1 cm³/mol. The van der Waals surface area contributed by atoms with Gasteiger partial charge in [0.1, 0.15) is 11.5 Å². The van der Waals surface area contributed by atoms with E-state index in [1.165, 1.54) is 0 Å². The lowest BCUT2D eigenvalue weighted by Gasteiger charge is -2.08. The average Bonchev–Trinajstić information content (AvgIpc) is 2.66. The van der Waals surface area contributed by atoms with E-state index in [-0.39, 0.29) is 13.2 Å². The van der Waals surface area contributed by atoms with Crippen LogP contribution in [0.3, 0.4) is 0 Å². The maximum absolute atomic E-state index is 11.3. The molecule has 6 heteroatoms. The molecule has 2 aromatic rings. The Morgan fingerprint density at radius 1 is 0.654 bits per heavy atom. The first-order valence-corrected chi connectivity index (χ1v) is 8.39. The van der Waals surface area contributed by atoms with Gasteiger partial charge in [-0.1, -0.05) is 24.3 Å². The monoisotopic (exact) mass is 358 g/mol. The molecular weight excluding hydrogens is 336 g/mol. The number of ether oxygens (including phenoxy) is 4. The molecule has 0 saturated carbocycles. The number of carbonyl (C=O) groups is 2. The Morgan fingerprint density at radius 3 is 1.31 bits per heavy atom. The van der Waals surface area contributed by atoms with E-state index in [2.05, 4.69) is 0 Å². The summed E-state index contributed by atoms with van der Waals surface area (Å²) in [6.45, 7) is 3.94. The Balaban J connectivity index is 1.90. The second-order valence-electron chi connectivity index (χ2n) is 5.24.